The summed E-state index contributed by atoms with van der Waals surface area (Å²) in [6.07, 6.45) is 2.43. The van der Waals surface area contributed by atoms with E-state index in [1.165, 1.54) is 12.8 Å². The van der Waals surface area contributed by atoms with Gasteiger partial charge in [-0.1, -0.05) is 0 Å². The number of aromatic nitrogens is 2. The monoisotopic (exact) mass is 329 g/mol. The zero-order valence-electron chi connectivity index (χ0n) is 13.4. The fourth-order valence-electron chi connectivity index (χ4n) is 2.18. The molecule has 0 bridgehead atoms. The Morgan fingerprint density at radius 3 is 2.67 bits per heavy atom. The number of carboxylic acids is 1. The Morgan fingerprint density at radius 2 is 2.04 bits per heavy atom. The van der Waals surface area contributed by atoms with E-state index in [0.717, 1.165) is 17.9 Å². The molecule has 24 heavy (non-hydrogen) atoms. The van der Waals surface area contributed by atoms with Gasteiger partial charge < -0.3 is 19.9 Å². The average Bonchev–Trinajstić information content (AvgIpc) is 3.42. The van der Waals surface area contributed by atoms with E-state index in [9.17, 15) is 4.79 Å². The normalized spacial score (nSPS) is 13.4. The summed E-state index contributed by atoms with van der Waals surface area (Å²) in [5.41, 5.74) is 1.53. The van der Waals surface area contributed by atoms with Crippen LogP contribution in [0, 0.1) is 5.92 Å². The number of rotatable bonds is 8. The van der Waals surface area contributed by atoms with Crippen LogP contribution in [0.25, 0.3) is 11.3 Å². The molecule has 1 fully saturated rings. The smallest absolute Gasteiger partial charge is 0.341 e. The van der Waals surface area contributed by atoms with Crippen molar-refractivity contribution in [1.29, 1.82) is 0 Å². The minimum atomic E-state index is -1.05. The van der Waals surface area contributed by atoms with Crippen molar-refractivity contribution in [2.45, 2.75) is 12.8 Å². The molecule has 7 heteroatoms. The molecule has 1 aliphatic rings. The Bertz CT molecular complexity index is 714. The van der Waals surface area contributed by atoms with E-state index in [1.54, 1.807) is 13.2 Å². The first-order valence-corrected chi connectivity index (χ1v) is 7.76. The lowest BCUT2D eigenvalue weighted by molar-refractivity contribution is -0.139. The number of aliphatic carboxylic acids is 1. The highest BCUT2D eigenvalue weighted by atomic mass is 16.5. The number of hydrogen-bond donors (Lipinski definition) is 2. The zero-order chi connectivity index (χ0) is 16.9. The third kappa shape index (κ3) is 4.34. The van der Waals surface area contributed by atoms with Crippen LogP contribution in [0.15, 0.2) is 30.3 Å². The minimum absolute atomic E-state index is 0.233. The van der Waals surface area contributed by atoms with Crippen LogP contribution in [0.4, 0.5) is 5.95 Å². The van der Waals surface area contributed by atoms with E-state index in [-0.39, 0.29) is 5.88 Å². The van der Waals surface area contributed by atoms with Gasteiger partial charge in [0.15, 0.2) is 6.61 Å². The third-order valence-corrected chi connectivity index (χ3v) is 3.68. The van der Waals surface area contributed by atoms with Gasteiger partial charge in [-0.2, -0.15) is 4.98 Å². The van der Waals surface area contributed by atoms with E-state index in [1.807, 2.05) is 24.3 Å². The van der Waals surface area contributed by atoms with Gasteiger partial charge in [-0.25, -0.2) is 9.78 Å². The fourth-order valence-corrected chi connectivity index (χ4v) is 2.18. The quantitative estimate of drug-likeness (QED) is 0.768. The summed E-state index contributed by atoms with van der Waals surface area (Å²) in [7, 11) is 1.61. The Balaban J connectivity index is 1.84. The van der Waals surface area contributed by atoms with Crippen LogP contribution in [0.5, 0.6) is 11.6 Å². The van der Waals surface area contributed by atoms with Gasteiger partial charge in [0.1, 0.15) is 5.75 Å². The first kappa shape index (κ1) is 16.0. The highest BCUT2D eigenvalue weighted by molar-refractivity contribution is 5.68. The summed E-state index contributed by atoms with van der Waals surface area (Å²) < 4.78 is 10.4. The van der Waals surface area contributed by atoms with Gasteiger partial charge in [-0.3, -0.25) is 0 Å². The van der Waals surface area contributed by atoms with Gasteiger partial charge in [0, 0.05) is 18.2 Å². The molecule has 2 N–H and O–H groups in total. The van der Waals surface area contributed by atoms with Crippen LogP contribution < -0.4 is 14.8 Å². The maximum absolute atomic E-state index is 10.7. The molecule has 3 rings (SSSR count). The zero-order valence-corrected chi connectivity index (χ0v) is 13.4. The molecule has 0 atom stereocenters. The summed E-state index contributed by atoms with van der Waals surface area (Å²) >= 11 is 0. The molecule has 0 radical (unpaired) electrons. The fraction of sp³-hybridized carbons (Fsp3) is 0.353. The molecule has 0 aliphatic heterocycles. The first-order chi connectivity index (χ1) is 11.6. The lowest BCUT2D eigenvalue weighted by Gasteiger charge is -2.10. The molecule has 0 unspecified atom stereocenters. The Morgan fingerprint density at radius 1 is 1.29 bits per heavy atom. The molecule has 1 heterocycles. The number of methoxy groups -OCH3 is 1. The average molecular weight is 329 g/mol. The summed E-state index contributed by atoms with van der Waals surface area (Å²) in [6, 6.07) is 9.08. The third-order valence-electron chi connectivity index (χ3n) is 3.68. The number of anilines is 1. The van der Waals surface area contributed by atoms with Crippen LogP contribution in [-0.2, 0) is 4.79 Å². The highest BCUT2D eigenvalue weighted by Gasteiger charge is 2.21. The van der Waals surface area contributed by atoms with Crippen molar-refractivity contribution in [3.05, 3.63) is 30.3 Å². The SMILES string of the molecule is COc1ccc(-c2cc(OCC(=O)O)nc(NCC3CC3)n2)cc1. The molecular formula is C17H19N3O4. The Kier molecular flexibility index (Phi) is 4.79. The van der Waals surface area contributed by atoms with Gasteiger partial charge in [0.2, 0.25) is 11.8 Å². The summed E-state index contributed by atoms with van der Waals surface area (Å²) in [5.74, 6) is 1.04. The van der Waals surface area contributed by atoms with Crippen molar-refractivity contribution in [3.63, 3.8) is 0 Å². The number of carboxylic acid groups (broad SMARTS) is 1. The molecule has 1 aliphatic carbocycles. The molecule has 1 aromatic carbocycles. The van der Waals surface area contributed by atoms with Gasteiger partial charge in [0.25, 0.3) is 0 Å². The Labute approximate surface area is 139 Å². The standard InChI is InChI=1S/C17H19N3O4/c1-23-13-6-4-12(5-7-13)14-8-15(24-10-16(21)22)20-17(19-14)18-9-11-2-3-11/h4-8,11H,2-3,9-10H2,1H3,(H,21,22)(H,18,19,20). The van der Waals surface area contributed by atoms with Crippen molar-refractivity contribution in [3.8, 4) is 22.9 Å². The van der Waals surface area contributed by atoms with E-state index in [0.29, 0.717) is 17.6 Å². The highest BCUT2D eigenvalue weighted by Crippen LogP contribution is 2.29. The number of hydrogen-bond acceptors (Lipinski definition) is 6. The molecule has 7 nitrogen and oxygen atoms in total. The van der Waals surface area contributed by atoms with E-state index in [4.69, 9.17) is 14.6 Å². The maximum Gasteiger partial charge on any atom is 0.341 e. The van der Waals surface area contributed by atoms with Gasteiger partial charge in [-0.05, 0) is 43.0 Å². The molecular weight excluding hydrogens is 310 g/mol. The molecule has 1 saturated carbocycles. The number of benzene rings is 1. The van der Waals surface area contributed by atoms with E-state index >= 15 is 0 Å². The van der Waals surface area contributed by atoms with Gasteiger partial charge in [-0.15, -0.1) is 0 Å². The largest absolute Gasteiger partial charge is 0.497 e. The molecule has 0 saturated heterocycles. The number of ether oxygens (including phenoxy) is 2. The molecule has 0 amide bonds. The molecule has 2 aromatic rings. The number of nitrogens with zero attached hydrogens (tertiary/aromatic N) is 2. The molecule has 126 valence electrons. The Hall–Kier alpha value is -2.83. The summed E-state index contributed by atoms with van der Waals surface area (Å²) in [5, 5.41) is 12.0. The summed E-state index contributed by atoms with van der Waals surface area (Å²) in [6.45, 7) is 0.367. The maximum atomic E-state index is 10.7. The predicted molar refractivity (Wildman–Crippen MR) is 88.4 cm³/mol. The first-order valence-electron chi connectivity index (χ1n) is 7.76. The number of carbonyl (C=O) groups is 1. The summed E-state index contributed by atoms with van der Waals surface area (Å²) in [4.78, 5) is 19.4. The van der Waals surface area contributed by atoms with Crippen molar-refractivity contribution in [2.24, 2.45) is 5.92 Å². The van der Waals surface area contributed by atoms with Crippen molar-refractivity contribution in [1.82, 2.24) is 9.97 Å². The van der Waals surface area contributed by atoms with Crippen LogP contribution in [0.1, 0.15) is 12.8 Å². The van der Waals surface area contributed by atoms with Crippen molar-refractivity contribution in [2.75, 3.05) is 25.6 Å². The van der Waals surface area contributed by atoms with E-state index in [2.05, 4.69) is 15.3 Å². The van der Waals surface area contributed by atoms with Crippen LogP contribution in [0.2, 0.25) is 0 Å². The van der Waals surface area contributed by atoms with Crippen LogP contribution >= 0.6 is 0 Å². The molecule has 0 spiro atoms. The van der Waals surface area contributed by atoms with Gasteiger partial charge in [0.05, 0.1) is 12.8 Å². The second-order valence-electron chi connectivity index (χ2n) is 5.65. The topological polar surface area (TPSA) is 93.6 Å². The van der Waals surface area contributed by atoms with Gasteiger partial charge >= 0.3 is 5.97 Å². The second-order valence-corrected chi connectivity index (χ2v) is 5.65. The van der Waals surface area contributed by atoms with Crippen molar-refractivity contribution < 1.29 is 19.4 Å². The second kappa shape index (κ2) is 7.16. The molecule has 1 aromatic heterocycles. The van der Waals surface area contributed by atoms with Crippen LogP contribution in [0.3, 0.4) is 0 Å². The minimum Gasteiger partial charge on any atom is -0.497 e. The van der Waals surface area contributed by atoms with Crippen LogP contribution in [-0.4, -0.2) is 41.3 Å². The lowest BCUT2D eigenvalue weighted by Crippen LogP contribution is -2.12. The number of nitrogens with one attached hydrogen (secondary N) is 1. The van der Waals surface area contributed by atoms with Crippen molar-refractivity contribution >= 4 is 11.9 Å². The predicted octanol–water partition coefficient (Wildman–Crippen LogP) is 2.44. The lowest BCUT2D eigenvalue weighted by atomic mass is 10.1. The van der Waals surface area contributed by atoms with E-state index < -0.39 is 12.6 Å².